The van der Waals surface area contributed by atoms with E-state index in [9.17, 15) is 4.79 Å². The smallest absolute Gasteiger partial charge is 0.232 e. The van der Waals surface area contributed by atoms with E-state index in [4.69, 9.17) is 6.42 Å². The summed E-state index contributed by atoms with van der Waals surface area (Å²) in [5.41, 5.74) is 0. The zero-order valence-corrected chi connectivity index (χ0v) is 7.97. The molecule has 1 heterocycles. The average molecular weight is 180 g/mol. The number of nitrogens with one attached hydrogen (secondary N) is 2. The van der Waals surface area contributed by atoms with Gasteiger partial charge in [-0.05, 0) is 26.3 Å². The molecule has 1 saturated heterocycles. The van der Waals surface area contributed by atoms with Crippen molar-refractivity contribution in [1.29, 1.82) is 0 Å². The van der Waals surface area contributed by atoms with Crippen molar-refractivity contribution in [3.05, 3.63) is 0 Å². The van der Waals surface area contributed by atoms with E-state index < -0.39 is 0 Å². The lowest BCUT2D eigenvalue weighted by Gasteiger charge is -2.28. The topological polar surface area (TPSA) is 41.1 Å². The number of carbonyl (C=O) groups excluding carboxylic acids is 1. The number of hydrogen-bond donors (Lipinski definition) is 2. The van der Waals surface area contributed by atoms with Gasteiger partial charge in [-0.1, -0.05) is 5.92 Å². The molecule has 13 heavy (non-hydrogen) atoms. The van der Waals surface area contributed by atoms with Crippen molar-refractivity contribution in [2.75, 3.05) is 6.54 Å². The maximum Gasteiger partial charge on any atom is 0.232 e. The van der Waals surface area contributed by atoms with Gasteiger partial charge in [0.25, 0.3) is 0 Å². The second-order valence-corrected chi connectivity index (χ2v) is 3.52. The third-order valence-corrected chi connectivity index (χ3v) is 2.25. The summed E-state index contributed by atoms with van der Waals surface area (Å²) >= 11 is 0. The van der Waals surface area contributed by atoms with Crippen LogP contribution in [0.1, 0.15) is 26.2 Å². The molecular formula is C10H16N2O. The fourth-order valence-electron chi connectivity index (χ4n) is 1.63. The summed E-state index contributed by atoms with van der Waals surface area (Å²) in [7, 11) is 0. The van der Waals surface area contributed by atoms with Crippen LogP contribution in [-0.4, -0.2) is 24.5 Å². The van der Waals surface area contributed by atoms with Crippen LogP contribution < -0.4 is 10.6 Å². The monoisotopic (exact) mass is 180 g/mol. The Hall–Kier alpha value is -1.01. The highest BCUT2D eigenvalue weighted by Crippen LogP contribution is 2.07. The van der Waals surface area contributed by atoms with Crippen molar-refractivity contribution in [1.82, 2.24) is 10.6 Å². The number of piperidine rings is 1. The van der Waals surface area contributed by atoms with Gasteiger partial charge in [0.2, 0.25) is 5.91 Å². The van der Waals surface area contributed by atoms with Crippen molar-refractivity contribution < 1.29 is 4.79 Å². The van der Waals surface area contributed by atoms with E-state index in [2.05, 4.69) is 23.5 Å². The lowest BCUT2D eigenvalue weighted by Crippen LogP contribution is -2.46. The molecule has 1 aliphatic rings. The highest BCUT2D eigenvalue weighted by atomic mass is 16.1. The maximum atomic E-state index is 11.1. The van der Waals surface area contributed by atoms with E-state index >= 15 is 0 Å². The largest absolute Gasteiger partial charge is 0.352 e. The van der Waals surface area contributed by atoms with Gasteiger partial charge in [-0.2, -0.15) is 0 Å². The fraction of sp³-hybridized carbons (Fsp3) is 0.700. The van der Waals surface area contributed by atoms with E-state index in [1.165, 1.54) is 0 Å². The fourth-order valence-corrected chi connectivity index (χ4v) is 1.63. The SMILES string of the molecule is C#CCC(=O)NC1CCNC(C)C1. The van der Waals surface area contributed by atoms with Crippen LogP contribution in [0.3, 0.4) is 0 Å². The molecule has 3 heteroatoms. The van der Waals surface area contributed by atoms with Crippen LogP contribution in [-0.2, 0) is 4.79 Å². The van der Waals surface area contributed by atoms with E-state index in [-0.39, 0.29) is 12.3 Å². The third-order valence-electron chi connectivity index (χ3n) is 2.25. The van der Waals surface area contributed by atoms with Gasteiger partial charge in [-0.3, -0.25) is 4.79 Å². The molecule has 1 fully saturated rings. The van der Waals surface area contributed by atoms with Gasteiger partial charge in [0.05, 0.1) is 6.42 Å². The normalized spacial score (nSPS) is 27.7. The Morgan fingerprint density at radius 1 is 1.77 bits per heavy atom. The minimum Gasteiger partial charge on any atom is -0.352 e. The summed E-state index contributed by atoms with van der Waals surface area (Å²) in [5, 5.41) is 6.25. The highest BCUT2D eigenvalue weighted by Gasteiger charge is 2.19. The van der Waals surface area contributed by atoms with Gasteiger partial charge in [-0.15, -0.1) is 6.42 Å². The van der Waals surface area contributed by atoms with Crippen molar-refractivity contribution >= 4 is 5.91 Å². The molecule has 0 spiro atoms. The molecule has 0 aromatic rings. The second-order valence-electron chi connectivity index (χ2n) is 3.52. The summed E-state index contributed by atoms with van der Waals surface area (Å²) in [6.07, 6.45) is 7.23. The Kier molecular flexibility index (Phi) is 3.78. The molecule has 1 aliphatic heterocycles. The van der Waals surface area contributed by atoms with Crippen LogP contribution >= 0.6 is 0 Å². The minimum atomic E-state index is -0.0263. The van der Waals surface area contributed by atoms with Gasteiger partial charge < -0.3 is 10.6 Å². The number of hydrogen-bond acceptors (Lipinski definition) is 2. The van der Waals surface area contributed by atoms with Crippen molar-refractivity contribution in [2.24, 2.45) is 0 Å². The van der Waals surface area contributed by atoms with Gasteiger partial charge in [0, 0.05) is 12.1 Å². The lowest BCUT2D eigenvalue weighted by molar-refractivity contribution is -0.121. The minimum absolute atomic E-state index is 0.0263. The summed E-state index contributed by atoms with van der Waals surface area (Å²) in [6.45, 7) is 3.10. The Morgan fingerprint density at radius 3 is 3.15 bits per heavy atom. The summed E-state index contributed by atoms with van der Waals surface area (Å²) < 4.78 is 0. The second kappa shape index (κ2) is 4.88. The van der Waals surface area contributed by atoms with E-state index in [0.717, 1.165) is 19.4 Å². The summed E-state index contributed by atoms with van der Waals surface area (Å²) in [5.74, 6) is 2.31. The molecule has 0 aromatic carbocycles. The van der Waals surface area contributed by atoms with Gasteiger partial charge >= 0.3 is 0 Å². The molecule has 0 aromatic heterocycles. The standard InChI is InChI=1S/C10H16N2O/c1-3-4-10(13)12-9-5-6-11-8(2)7-9/h1,8-9,11H,4-7H2,2H3,(H,12,13). The Morgan fingerprint density at radius 2 is 2.54 bits per heavy atom. The zero-order valence-electron chi connectivity index (χ0n) is 7.97. The van der Waals surface area contributed by atoms with Crippen molar-refractivity contribution in [3.63, 3.8) is 0 Å². The van der Waals surface area contributed by atoms with Crippen LogP contribution in [0, 0.1) is 12.3 Å². The Labute approximate surface area is 79.3 Å². The van der Waals surface area contributed by atoms with Crippen LogP contribution in [0.4, 0.5) is 0 Å². The molecule has 0 bridgehead atoms. The number of terminal acetylenes is 1. The van der Waals surface area contributed by atoms with Gasteiger partial charge in [-0.25, -0.2) is 0 Å². The highest BCUT2D eigenvalue weighted by molar-refractivity contribution is 5.78. The van der Waals surface area contributed by atoms with Gasteiger partial charge in [0.15, 0.2) is 0 Å². The van der Waals surface area contributed by atoms with E-state index in [0.29, 0.717) is 12.1 Å². The van der Waals surface area contributed by atoms with Crippen LogP contribution in [0.25, 0.3) is 0 Å². The first-order valence-electron chi connectivity index (χ1n) is 4.68. The number of carbonyl (C=O) groups is 1. The van der Waals surface area contributed by atoms with Gasteiger partial charge in [0.1, 0.15) is 0 Å². The Balaban J connectivity index is 2.28. The molecule has 0 saturated carbocycles. The molecule has 1 amide bonds. The van der Waals surface area contributed by atoms with E-state index in [1.807, 2.05) is 0 Å². The predicted octanol–water partition coefficient (Wildman–Crippen LogP) is 0.266. The quantitative estimate of drug-likeness (QED) is 0.599. The summed E-state index contributed by atoms with van der Waals surface area (Å²) in [4.78, 5) is 11.1. The molecule has 2 N–H and O–H groups in total. The van der Waals surface area contributed by atoms with Crippen LogP contribution in [0.15, 0.2) is 0 Å². The molecule has 0 aliphatic carbocycles. The Bertz CT molecular complexity index is 219. The molecular weight excluding hydrogens is 164 g/mol. The molecule has 3 nitrogen and oxygen atoms in total. The first-order chi connectivity index (χ1) is 6.22. The number of rotatable bonds is 2. The average Bonchev–Trinajstić information content (AvgIpc) is 2.04. The molecule has 72 valence electrons. The van der Waals surface area contributed by atoms with Crippen LogP contribution in [0.2, 0.25) is 0 Å². The first-order valence-corrected chi connectivity index (χ1v) is 4.68. The third kappa shape index (κ3) is 3.47. The molecule has 2 atom stereocenters. The zero-order chi connectivity index (χ0) is 9.68. The predicted molar refractivity (Wildman–Crippen MR) is 52.1 cm³/mol. The maximum absolute atomic E-state index is 11.1. The van der Waals surface area contributed by atoms with Crippen molar-refractivity contribution in [3.8, 4) is 12.3 Å². The lowest BCUT2D eigenvalue weighted by atomic mass is 10.0. The van der Waals surface area contributed by atoms with Crippen molar-refractivity contribution in [2.45, 2.75) is 38.3 Å². The molecule has 2 unspecified atom stereocenters. The van der Waals surface area contributed by atoms with Crippen LogP contribution in [0.5, 0.6) is 0 Å². The summed E-state index contributed by atoms with van der Waals surface area (Å²) in [6, 6.07) is 0.794. The van der Waals surface area contributed by atoms with E-state index in [1.54, 1.807) is 0 Å². The molecule has 1 rings (SSSR count). The first kappa shape index (κ1) is 10.1. The number of amides is 1. The molecule has 0 radical (unpaired) electrons.